The maximum atomic E-state index is 10.6. The predicted molar refractivity (Wildman–Crippen MR) is 69.1 cm³/mol. The van der Waals surface area contributed by atoms with Crippen molar-refractivity contribution in [1.82, 2.24) is 5.32 Å². The van der Waals surface area contributed by atoms with E-state index in [1.165, 1.54) is 12.5 Å². The lowest BCUT2D eigenvalue weighted by atomic mass is 10.1. The highest BCUT2D eigenvalue weighted by molar-refractivity contribution is 9.10. The van der Waals surface area contributed by atoms with Gasteiger partial charge in [0, 0.05) is 29.9 Å². The van der Waals surface area contributed by atoms with Crippen LogP contribution in [0.5, 0.6) is 0 Å². The Hall–Kier alpha value is -1.27. The number of carbonyl (C=O) groups excluding carboxylic acids is 1. The Balaban J connectivity index is 2.56. The van der Waals surface area contributed by atoms with Crippen molar-refractivity contribution in [1.29, 1.82) is 0 Å². The summed E-state index contributed by atoms with van der Waals surface area (Å²) in [5.41, 5.74) is 2.18. The molecule has 0 aromatic heterocycles. The van der Waals surface area contributed by atoms with E-state index in [1.54, 1.807) is 0 Å². The van der Waals surface area contributed by atoms with E-state index in [1.807, 2.05) is 25.1 Å². The van der Waals surface area contributed by atoms with Gasteiger partial charge < -0.3 is 5.32 Å². The molecule has 1 rings (SSSR count). The third-order valence-electron chi connectivity index (χ3n) is 1.97. The first kappa shape index (κ1) is 12.8. The molecule has 0 heterocycles. The molecule has 0 aliphatic rings. The fourth-order valence-corrected chi connectivity index (χ4v) is 1.54. The molecule has 1 N–H and O–H groups in total. The highest BCUT2D eigenvalue weighted by atomic mass is 79.9. The summed E-state index contributed by atoms with van der Waals surface area (Å²) in [6, 6.07) is 6.06. The first-order valence-electron chi connectivity index (χ1n) is 5.09. The summed E-state index contributed by atoms with van der Waals surface area (Å²) in [5, 5.41) is 2.70. The van der Waals surface area contributed by atoms with Gasteiger partial charge in [0.2, 0.25) is 5.91 Å². The summed E-state index contributed by atoms with van der Waals surface area (Å²) in [6.07, 6.45) is 0.667. The highest BCUT2D eigenvalue weighted by Gasteiger charge is 1.95. The van der Waals surface area contributed by atoms with Gasteiger partial charge in [-0.1, -0.05) is 17.9 Å². The summed E-state index contributed by atoms with van der Waals surface area (Å²) in [7, 11) is 0. The van der Waals surface area contributed by atoms with Crippen molar-refractivity contribution in [2.24, 2.45) is 0 Å². The van der Waals surface area contributed by atoms with Gasteiger partial charge in [-0.2, -0.15) is 0 Å². The van der Waals surface area contributed by atoms with Crippen LogP contribution in [0.1, 0.15) is 24.5 Å². The van der Waals surface area contributed by atoms with Crippen LogP contribution in [0.4, 0.5) is 0 Å². The molecule has 84 valence electrons. The topological polar surface area (TPSA) is 29.1 Å². The summed E-state index contributed by atoms with van der Waals surface area (Å²) in [6.45, 7) is 4.14. The maximum Gasteiger partial charge on any atom is 0.216 e. The molecule has 0 saturated heterocycles. The monoisotopic (exact) mass is 279 g/mol. The van der Waals surface area contributed by atoms with Crippen LogP contribution in [0.2, 0.25) is 0 Å². The predicted octanol–water partition coefficient (Wildman–Crippen LogP) is 2.64. The van der Waals surface area contributed by atoms with Gasteiger partial charge in [0.15, 0.2) is 0 Å². The number of amides is 1. The lowest BCUT2D eigenvalue weighted by molar-refractivity contribution is -0.118. The molecule has 0 atom stereocenters. The fraction of sp³-hybridized carbons (Fsp3) is 0.308. The number of aryl methyl sites for hydroxylation is 1. The van der Waals surface area contributed by atoms with E-state index < -0.39 is 0 Å². The van der Waals surface area contributed by atoms with E-state index >= 15 is 0 Å². The normalized spacial score (nSPS) is 9.19. The molecule has 0 bridgehead atoms. The number of benzene rings is 1. The molecule has 0 spiro atoms. The highest BCUT2D eigenvalue weighted by Crippen LogP contribution is 2.16. The van der Waals surface area contributed by atoms with Crippen LogP contribution in [0.3, 0.4) is 0 Å². The number of rotatable bonds is 2. The molecular weight excluding hydrogens is 266 g/mol. The number of nitrogens with one attached hydrogen (secondary N) is 1. The van der Waals surface area contributed by atoms with E-state index in [0.717, 1.165) is 10.0 Å². The molecule has 1 aromatic rings. The zero-order valence-corrected chi connectivity index (χ0v) is 11.0. The van der Waals surface area contributed by atoms with Crippen LogP contribution in [0.15, 0.2) is 22.7 Å². The van der Waals surface area contributed by atoms with Crippen LogP contribution >= 0.6 is 15.9 Å². The molecule has 3 heteroatoms. The van der Waals surface area contributed by atoms with Gasteiger partial charge in [0.1, 0.15) is 0 Å². The summed E-state index contributed by atoms with van der Waals surface area (Å²) in [5.74, 6) is 6.09. The van der Waals surface area contributed by atoms with Crippen molar-refractivity contribution in [3.05, 3.63) is 33.8 Å². The standard InChI is InChI=1S/C13H14BrNO/c1-10-6-7-13(14)12(9-10)5-3-4-8-15-11(2)16/h6-7,9H,4,8H2,1-2H3,(H,15,16). The minimum Gasteiger partial charge on any atom is -0.355 e. The quantitative estimate of drug-likeness (QED) is 0.655. The van der Waals surface area contributed by atoms with Crippen molar-refractivity contribution in [3.63, 3.8) is 0 Å². The molecule has 0 radical (unpaired) electrons. The summed E-state index contributed by atoms with van der Waals surface area (Å²) < 4.78 is 1.00. The third kappa shape index (κ3) is 4.50. The largest absolute Gasteiger partial charge is 0.355 e. The maximum absolute atomic E-state index is 10.6. The van der Waals surface area contributed by atoms with Crippen LogP contribution in [-0.2, 0) is 4.79 Å². The van der Waals surface area contributed by atoms with E-state index in [4.69, 9.17) is 0 Å². The molecule has 0 fully saturated rings. The van der Waals surface area contributed by atoms with Crippen molar-refractivity contribution < 1.29 is 4.79 Å². The lowest BCUT2D eigenvalue weighted by Gasteiger charge is -1.98. The molecular formula is C13H14BrNO. The fourth-order valence-electron chi connectivity index (χ4n) is 1.19. The van der Waals surface area contributed by atoms with Crippen LogP contribution in [-0.4, -0.2) is 12.5 Å². The van der Waals surface area contributed by atoms with Crippen molar-refractivity contribution in [2.75, 3.05) is 6.54 Å². The van der Waals surface area contributed by atoms with Crippen LogP contribution in [0, 0.1) is 18.8 Å². The third-order valence-corrected chi connectivity index (χ3v) is 2.66. The number of hydrogen-bond acceptors (Lipinski definition) is 1. The Bertz CT molecular complexity index is 443. The van der Waals surface area contributed by atoms with Crippen LogP contribution in [0.25, 0.3) is 0 Å². The van der Waals surface area contributed by atoms with Crippen molar-refractivity contribution in [3.8, 4) is 11.8 Å². The average molecular weight is 280 g/mol. The second-order valence-electron chi connectivity index (χ2n) is 3.52. The summed E-state index contributed by atoms with van der Waals surface area (Å²) >= 11 is 3.45. The molecule has 0 unspecified atom stereocenters. The second-order valence-corrected chi connectivity index (χ2v) is 4.37. The van der Waals surface area contributed by atoms with E-state index in [-0.39, 0.29) is 5.91 Å². The second kappa shape index (κ2) is 6.34. The average Bonchev–Trinajstić information content (AvgIpc) is 2.22. The number of carbonyl (C=O) groups is 1. The molecule has 0 aliphatic heterocycles. The SMILES string of the molecule is CC(=O)NCCC#Cc1cc(C)ccc1Br. The Morgan fingerprint density at radius 1 is 1.50 bits per heavy atom. The van der Waals surface area contributed by atoms with Crippen LogP contribution < -0.4 is 5.32 Å². The first-order valence-corrected chi connectivity index (χ1v) is 5.88. The zero-order valence-electron chi connectivity index (χ0n) is 9.43. The number of halogens is 1. The van der Waals surface area contributed by atoms with Gasteiger partial charge in [-0.05, 0) is 40.5 Å². The zero-order chi connectivity index (χ0) is 12.0. The number of hydrogen-bond donors (Lipinski definition) is 1. The smallest absolute Gasteiger partial charge is 0.216 e. The Morgan fingerprint density at radius 3 is 2.94 bits per heavy atom. The Kier molecular flexibility index (Phi) is 5.07. The van der Waals surface area contributed by atoms with Gasteiger partial charge in [0.25, 0.3) is 0 Å². The van der Waals surface area contributed by atoms with E-state index in [9.17, 15) is 4.79 Å². The molecule has 0 aliphatic carbocycles. The van der Waals surface area contributed by atoms with Crippen molar-refractivity contribution in [2.45, 2.75) is 20.3 Å². The minimum absolute atomic E-state index is 0.0152. The van der Waals surface area contributed by atoms with E-state index in [2.05, 4.69) is 33.1 Å². The Morgan fingerprint density at radius 2 is 2.25 bits per heavy atom. The van der Waals surface area contributed by atoms with E-state index in [0.29, 0.717) is 13.0 Å². The van der Waals surface area contributed by atoms with Gasteiger partial charge in [0.05, 0.1) is 0 Å². The summed E-state index contributed by atoms with van der Waals surface area (Å²) in [4.78, 5) is 10.6. The molecule has 1 aromatic carbocycles. The molecule has 2 nitrogen and oxygen atoms in total. The molecule has 1 amide bonds. The van der Waals surface area contributed by atoms with Gasteiger partial charge in [-0.15, -0.1) is 0 Å². The Labute approximate surface area is 105 Å². The molecule has 16 heavy (non-hydrogen) atoms. The van der Waals surface area contributed by atoms with Gasteiger partial charge in [-0.3, -0.25) is 4.79 Å². The van der Waals surface area contributed by atoms with Gasteiger partial charge in [-0.25, -0.2) is 0 Å². The lowest BCUT2D eigenvalue weighted by Crippen LogP contribution is -2.20. The first-order chi connectivity index (χ1) is 7.59. The minimum atomic E-state index is -0.0152. The van der Waals surface area contributed by atoms with Crippen molar-refractivity contribution >= 4 is 21.8 Å². The van der Waals surface area contributed by atoms with Gasteiger partial charge >= 0.3 is 0 Å². The molecule has 0 saturated carbocycles.